The van der Waals surface area contributed by atoms with E-state index in [0.29, 0.717) is 36.8 Å². The number of hydrogen-bond acceptors (Lipinski definition) is 6. The van der Waals surface area contributed by atoms with Gasteiger partial charge in [-0.15, -0.1) is 0 Å². The summed E-state index contributed by atoms with van der Waals surface area (Å²) >= 11 is 0. The molecular weight excluding hydrogens is 294 g/mol. The molecule has 23 heavy (non-hydrogen) atoms. The number of aromatic nitrogens is 4. The number of carbonyl (C=O) groups is 1. The monoisotopic (exact) mass is 311 g/mol. The minimum Gasteiger partial charge on any atom is -0.337 e. The molecule has 0 aliphatic carbocycles. The van der Waals surface area contributed by atoms with Crippen molar-refractivity contribution in [1.29, 1.82) is 5.26 Å². The summed E-state index contributed by atoms with van der Waals surface area (Å²) < 4.78 is 1.62. The Morgan fingerprint density at radius 3 is 2.91 bits per heavy atom. The van der Waals surface area contributed by atoms with Crippen molar-refractivity contribution < 1.29 is 4.79 Å². The van der Waals surface area contributed by atoms with Gasteiger partial charge in [-0.1, -0.05) is 0 Å². The molecule has 8 heteroatoms. The first-order chi connectivity index (χ1) is 11.1. The minimum absolute atomic E-state index is 0.0167. The van der Waals surface area contributed by atoms with Gasteiger partial charge in [0, 0.05) is 45.1 Å². The molecule has 2 aromatic rings. The number of piperazine rings is 1. The van der Waals surface area contributed by atoms with Gasteiger partial charge in [0.1, 0.15) is 11.8 Å². The van der Waals surface area contributed by atoms with E-state index >= 15 is 0 Å². The summed E-state index contributed by atoms with van der Waals surface area (Å²) in [7, 11) is 1.79. The maximum atomic E-state index is 12.5. The first kappa shape index (κ1) is 15.0. The zero-order valence-electron chi connectivity index (χ0n) is 13.0. The third kappa shape index (κ3) is 2.99. The van der Waals surface area contributed by atoms with Gasteiger partial charge in [-0.25, -0.2) is 9.97 Å². The molecular formula is C15H17N7O. The topological polar surface area (TPSA) is 90.9 Å². The van der Waals surface area contributed by atoms with Gasteiger partial charge < -0.3 is 9.80 Å². The minimum atomic E-state index is -0.0167. The number of nitriles is 1. The number of rotatable bonds is 2. The molecule has 1 fully saturated rings. The maximum Gasteiger partial charge on any atom is 0.257 e. The number of amides is 1. The zero-order valence-corrected chi connectivity index (χ0v) is 13.0. The fraction of sp³-hybridized carbons (Fsp3) is 0.400. The Morgan fingerprint density at radius 1 is 1.43 bits per heavy atom. The van der Waals surface area contributed by atoms with Crippen molar-refractivity contribution in [2.45, 2.75) is 13.0 Å². The van der Waals surface area contributed by atoms with Crippen molar-refractivity contribution in [3.8, 4) is 6.07 Å². The van der Waals surface area contributed by atoms with Crippen LogP contribution in [0.25, 0.3) is 0 Å². The van der Waals surface area contributed by atoms with E-state index in [-0.39, 0.29) is 11.9 Å². The smallest absolute Gasteiger partial charge is 0.257 e. The Labute approximate surface area is 134 Å². The number of aryl methyl sites for hydroxylation is 1. The van der Waals surface area contributed by atoms with Gasteiger partial charge in [0.15, 0.2) is 0 Å². The number of carbonyl (C=O) groups excluding carboxylic acids is 1. The first-order valence-corrected chi connectivity index (χ1v) is 7.36. The average molecular weight is 311 g/mol. The van der Waals surface area contributed by atoms with Gasteiger partial charge in [0.2, 0.25) is 5.95 Å². The fourth-order valence-corrected chi connectivity index (χ4v) is 2.70. The van der Waals surface area contributed by atoms with E-state index in [0.717, 1.165) is 0 Å². The van der Waals surface area contributed by atoms with Crippen LogP contribution in [0.4, 0.5) is 5.95 Å². The molecule has 0 saturated carbocycles. The van der Waals surface area contributed by atoms with Crippen LogP contribution in [0, 0.1) is 11.3 Å². The molecule has 0 spiro atoms. The predicted octanol–water partition coefficient (Wildman–Crippen LogP) is 0.433. The largest absolute Gasteiger partial charge is 0.337 e. The predicted molar refractivity (Wildman–Crippen MR) is 82.7 cm³/mol. The Balaban J connectivity index is 1.72. The summed E-state index contributed by atoms with van der Waals surface area (Å²) in [5, 5.41) is 13.0. The Bertz CT molecular complexity index is 763. The van der Waals surface area contributed by atoms with Crippen LogP contribution in [-0.4, -0.2) is 56.2 Å². The molecule has 118 valence electrons. The van der Waals surface area contributed by atoms with Crippen molar-refractivity contribution >= 4 is 11.9 Å². The summed E-state index contributed by atoms with van der Waals surface area (Å²) in [5.41, 5.74) is 0.937. The molecule has 3 heterocycles. The SMILES string of the molecule is CC1CN(c2nccc(C#N)n2)CCN1C(=O)c1cnn(C)c1. The van der Waals surface area contributed by atoms with Crippen LogP contribution >= 0.6 is 0 Å². The highest BCUT2D eigenvalue weighted by molar-refractivity contribution is 5.94. The molecule has 0 radical (unpaired) electrons. The van der Waals surface area contributed by atoms with Crippen molar-refractivity contribution in [1.82, 2.24) is 24.6 Å². The molecule has 1 aliphatic rings. The molecule has 1 saturated heterocycles. The van der Waals surface area contributed by atoms with E-state index < -0.39 is 0 Å². The molecule has 1 unspecified atom stereocenters. The maximum absolute atomic E-state index is 12.5. The molecule has 2 aromatic heterocycles. The normalized spacial score (nSPS) is 17.9. The number of anilines is 1. The lowest BCUT2D eigenvalue weighted by Gasteiger charge is -2.39. The molecule has 1 aliphatic heterocycles. The van der Waals surface area contributed by atoms with E-state index in [2.05, 4.69) is 15.1 Å². The molecule has 8 nitrogen and oxygen atoms in total. The highest BCUT2D eigenvalue weighted by Crippen LogP contribution is 2.17. The lowest BCUT2D eigenvalue weighted by molar-refractivity contribution is 0.0673. The molecule has 1 atom stereocenters. The first-order valence-electron chi connectivity index (χ1n) is 7.36. The van der Waals surface area contributed by atoms with Crippen LogP contribution in [0.15, 0.2) is 24.7 Å². The summed E-state index contributed by atoms with van der Waals surface area (Å²) in [6.45, 7) is 3.83. The summed E-state index contributed by atoms with van der Waals surface area (Å²) in [5.74, 6) is 0.515. The molecule has 1 amide bonds. The quantitative estimate of drug-likeness (QED) is 0.799. The van der Waals surface area contributed by atoms with Gasteiger partial charge in [-0.2, -0.15) is 10.4 Å². The molecule has 0 N–H and O–H groups in total. The lowest BCUT2D eigenvalue weighted by Crippen LogP contribution is -2.54. The van der Waals surface area contributed by atoms with Crippen LogP contribution in [0.5, 0.6) is 0 Å². The van der Waals surface area contributed by atoms with Crippen LogP contribution in [-0.2, 0) is 7.05 Å². The van der Waals surface area contributed by atoms with Crippen molar-refractivity contribution in [3.63, 3.8) is 0 Å². The van der Waals surface area contributed by atoms with E-state index in [1.165, 1.54) is 0 Å². The Hall–Kier alpha value is -2.95. The zero-order chi connectivity index (χ0) is 16.4. The fourth-order valence-electron chi connectivity index (χ4n) is 2.70. The van der Waals surface area contributed by atoms with Crippen LogP contribution in [0.3, 0.4) is 0 Å². The number of nitrogens with zero attached hydrogens (tertiary/aromatic N) is 7. The average Bonchev–Trinajstić information content (AvgIpc) is 3.00. The van der Waals surface area contributed by atoms with Crippen LogP contribution in [0.1, 0.15) is 23.0 Å². The van der Waals surface area contributed by atoms with Gasteiger partial charge in [-0.3, -0.25) is 9.48 Å². The highest BCUT2D eigenvalue weighted by atomic mass is 16.2. The molecule has 0 bridgehead atoms. The van der Waals surface area contributed by atoms with Crippen molar-refractivity contribution in [2.75, 3.05) is 24.5 Å². The highest BCUT2D eigenvalue weighted by Gasteiger charge is 2.29. The second kappa shape index (κ2) is 6.04. The van der Waals surface area contributed by atoms with E-state index in [4.69, 9.17) is 5.26 Å². The second-order valence-electron chi connectivity index (χ2n) is 5.55. The van der Waals surface area contributed by atoms with Crippen LogP contribution in [0.2, 0.25) is 0 Å². The summed E-state index contributed by atoms with van der Waals surface area (Å²) in [4.78, 5) is 24.8. The van der Waals surface area contributed by atoms with Crippen molar-refractivity contribution in [3.05, 3.63) is 35.9 Å². The Kier molecular flexibility index (Phi) is 3.93. The van der Waals surface area contributed by atoms with Gasteiger partial charge in [0.05, 0.1) is 11.8 Å². The van der Waals surface area contributed by atoms with Crippen molar-refractivity contribution in [2.24, 2.45) is 7.05 Å². The van der Waals surface area contributed by atoms with Gasteiger partial charge >= 0.3 is 0 Å². The molecule has 3 rings (SSSR count). The lowest BCUT2D eigenvalue weighted by atomic mass is 10.1. The standard InChI is InChI=1S/C15H17N7O/c1-11-9-21(15-17-4-3-13(7-16)19-15)5-6-22(11)14(23)12-8-18-20(2)10-12/h3-4,8,10-11H,5-6,9H2,1-2H3. The van der Waals surface area contributed by atoms with Gasteiger partial charge in [-0.05, 0) is 13.0 Å². The van der Waals surface area contributed by atoms with E-state index in [1.54, 1.807) is 36.4 Å². The molecule has 0 aromatic carbocycles. The third-order valence-electron chi connectivity index (χ3n) is 3.88. The summed E-state index contributed by atoms with van der Waals surface area (Å²) in [6, 6.07) is 3.61. The van der Waals surface area contributed by atoms with Crippen LogP contribution < -0.4 is 4.90 Å². The number of hydrogen-bond donors (Lipinski definition) is 0. The van der Waals surface area contributed by atoms with E-state index in [1.807, 2.05) is 22.8 Å². The third-order valence-corrected chi connectivity index (χ3v) is 3.88. The Morgan fingerprint density at radius 2 is 2.26 bits per heavy atom. The van der Waals surface area contributed by atoms with E-state index in [9.17, 15) is 4.79 Å². The summed E-state index contributed by atoms with van der Waals surface area (Å²) in [6.07, 6.45) is 4.89. The van der Waals surface area contributed by atoms with Gasteiger partial charge in [0.25, 0.3) is 5.91 Å². The second-order valence-corrected chi connectivity index (χ2v) is 5.55.